The number of nitrogens with one attached hydrogen (secondary N) is 2. The number of alkyl halides is 3. The second-order valence-electron chi connectivity index (χ2n) is 2.98. The number of halogens is 4. The highest BCUT2D eigenvalue weighted by molar-refractivity contribution is 5.85. The lowest BCUT2D eigenvalue weighted by atomic mass is 10.2. The van der Waals surface area contributed by atoms with Gasteiger partial charge in [0.2, 0.25) is 5.91 Å². The van der Waals surface area contributed by atoms with Crippen LogP contribution in [0.5, 0.6) is 0 Å². The molecule has 0 spiro atoms. The van der Waals surface area contributed by atoms with E-state index < -0.39 is 18.6 Å². The third-order valence-corrected chi connectivity index (χ3v) is 1.68. The first-order valence-electron chi connectivity index (χ1n) is 4.13. The van der Waals surface area contributed by atoms with Gasteiger partial charge in [-0.05, 0) is 0 Å². The van der Waals surface area contributed by atoms with Crippen molar-refractivity contribution in [1.29, 1.82) is 0 Å². The van der Waals surface area contributed by atoms with E-state index in [1.165, 1.54) is 0 Å². The number of hydrogen-bond donors (Lipinski definition) is 2. The van der Waals surface area contributed by atoms with Crippen LogP contribution in [-0.4, -0.2) is 44.4 Å². The Morgan fingerprint density at radius 2 is 2.07 bits per heavy atom. The Hall–Kier alpha value is -0.530. The lowest BCUT2D eigenvalue weighted by Crippen LogP contribution is -2.49. The third kappa shape index (κ3) is 6.53. The van der Waals surface area contributed by atoms with Crippen molar-refractivity contribution in [3.05, 3.63) is 0 Å². The number of ether oxygens (including phenoxy) is 1. The smallest absolute Gasteiger partial charge is 0.366 e. The topological polar surface area (TPSA) is 50.4 Å². The van der Waals surface area contributed by atoms with E-state index in [1.807, 2.05) is 0 Å². The lowest BCUT2D eigenvalue weighted by molar-refractivity contribution is -0.142. The van der Waals surface area contributed by atoms with Crippen molar-refractivity contribution in [2.75, 3.05) is 26.2 Å². The fourth-order valence-corrected chi connectivity index (χ4v) is 0.823. The first kappa shape index (κ1) is 14.5. The van der Waals surface area contributed by atoms with Crippen molar-refractivity contribution in [2.45, 2.75) is 12.3 Å². The van der Waals surface area contributed by atoms with Gasteiger partial charge in [-0.2, -0.15) is 13.2 Å². The second-order valence-corrected chi connectivity index (χ2v) is 2.98. The van der Waals surface area contributed by atoms with Crippen molar-refractivity contribution in [2.24, 2.45) is 0 Å². The Bertz CT molecular complexity index is 209. The van der Waals surface area contributed by atoms with Gasteiger partial charge >= 0.3 is 6.18 Å². The van der Waals surface area contributed by atoms with Crippen LogP contribution in [0.2, 0.25) is 0 Å². The monoisotopic (exact) mass is 248 g/mol. The first-order valence-corrected chi connectivity index (χ1v) is 4.13. The minimum absolute atomic E-state index is 0. The van der Waals surface area contributed by atoms with Crippen LogP contribution in [-0.2, 0) is 9.53 Å². The van der Waals surface area contributed by atoms with Crippen molar-refractivity contribution in [3.8, 4) is 0 Å². The van der Waals surface area contributed by atoms with Crippen LogP contribution in [0.3, 0.4) is 0 Å². The normalized spacial score (nSPS) is 16.5. The molecule has 4 nitrogen and oxygen atoms in total. The predicted molar refractivity (Wildman–Crippen MR) is 48.9 cm³/mol. The van der Waals surface area contributed by atoms with E-state index in [2.05, 4.69) is 5.32 Å². The van der Waals surface area contributed by atoms with E-state index in [0.29, 0.717) is 13.1 Å². The average molecular weight is 249 g/mol. The van der Waals surface area contributed by atoms with Gasteiger partial charge in [-0.15, -0.1) is 12.4 Å². The van der Waals surface area contributed by atoms with Crippen molar-refractivity contribution in [1.82, 2.24) is 10.6 Å². The lowest BCUT2D eigenvalue weighted by Gasteiger charge is -2.26. The molecule has 0 aromatic rings. The molecule has 15 heavy (non-hydrogen) atoms. The molecule has 90 valence electrons. The molecule has 8 heteroatoms. The molecule has 1 aliphatic heterocycles. The molecule has 1 saturated heterocycles. The molecule has 0 aromatic carbocycles. The van der Waals surface area contributed by atoms with E-state index >= 15 is 0 Å². The maximum atomic E-state index is 11.6. The maximum absolute atomic E-state index is 11.6. The standard InChI is InChI=1S/C7H11F3N2O2.ClH/c8-7(9,10)4-12-6(13)3-14-5-1-11-2-5;/h5,11H,1-4H2,(H,12,13);1H. The van der Waals surface area contributed by atoms with Gasteiger partial charge in [0, 0.05) is 13.1 Å². The van der Waals surface area contributed by atoms with Crippen LogP contribution in [0.15, 0.2) is 0 Å². The highest BCUT2D eigenvalue weighted by Gasteiger charge is 2.28. The average Bonchev–Trinajstić information content (AvgIpc) is 1.96. The van der Waals surface area contributed by atoms with Gasteiger partial charge in [0.1, 0.15) is 13.2 Å². The minimum Gasteiger partial charge on any atom is -0.366 e. The molecule has 0 aromatic heterocycles. The summed E-state index contributed by atoms with van der Waals surface area (Å²) in [5, 5.41) is 4.62. The zero-order valence-corrected chi connectivity index (χ0v) is 8.58. The Balaban J connectivity index is 0.00000196. The van der Waals surface area contributed by atoms with E-state index in [0.717, 1.165) is 0 Å². The second kappa shape index (κ2) is 6.14. The number of carbonyl (C=O) groups excluding carboxylic acids is 1. The summed E-state index contributed by atoms with van der Waals surface area (Å²) in [6, 6.07) is 0. The Morgan fingerprint density at radius 1 is 1.47 bits per heavy atom. The maximum Gasteiger partial charge on any atom is 0.405 e. The summed E-state index contributed by atoms with van der Waals surface area (Å²) in [6.07, 6.45) is -4.42. The number of carbonyl (C=O) groups is 1. The quantitative estimate of drug-likeness (QED) is 0.741. The zero-order valence-electron chi connectivity index (χ0n) is 7.76. The molecule has 0 radical (unpaired) electrons. The Kier molecular flexibility index (Phi) is 5.92. The highest BCUT2D eigenvalue weighted by atomic mass is 35.5. The van der Waals surface area contributed by atoms with Crippen LogP contribution < -0.4 is 10.6 Å². The van der Waals surface area contributed by atoms with Crippen LogP contribution in [0.25, 0.3) is 0 Å². The molecule has 1 aliphatic rings. The predicted octanol–water partition coefficient (Wildman–Crippen LogP) is 0.0751. The molecular weight excluding hydrogens is 237 g/mol. The molecular formula is C7H12ClF3N2O2. The zero-order chi connectivity index (χ0) is 10.6. The van der Waals surface area contributed by atoms with E-state index in [1.54, 1.807) is 5.32 Å². The van der Waals surface area contributed by atoms with Crippen molar-refractivity contribution in [3.63, 3.8) is 0 Å². The summed E-state index contributed by atoms with van der Waals surface area (Å²) in [4.78, 5) is 10.8. The summed E-state index contributed by atoms with van der Waals surface area (Å²) in [5.74, 6) is -0.741. The molecule has 1 amide bonds. The minimum atomic E-state index is -4.37. The molecule has 0 aliphatic carbocycles. The molecule has 1 heterocycles. The summed E-state index contributed by atoms with van der Waals surface area (Å²) < 4.78 is 39.8. The van der Waals surface area contributed by atoms with Crippen LogP contribution >= 0.6 is 12.4 Å². The van der Waals surface area contributed by atoms with E-state index in [-0.39, 0.29) is 25.1 Å². The molecule has 0 saturated carbocycles. The third-order valence-electron chi connectivity index (χ3n) is 1.68. The molecule has 0 atom stereocenters. The van der Waals surface area contributed by atoms with Gasteiger partial charge in [-0.1, -0.05) is 0 Å². The van der Waals surface area contributed by atoms with Gasteiger partial charge in [0.25, 0.3) is 0 Å². The molecule has 0 bridgehead atoms. The SMILES string of the molecule is Cl.O=C(COC1CNC1)NCC(F)(F)F. The Morgan fingerprint density at radius 3 is 2.47 bits per heavy atom. The molecule has 2 N–H and O–H groups in total. The summed E-state index contributed by atoms with van der Waals surface area (Å²) in [6.45, 7) is -0.334. The molecule has 0 unspecified atom stereocenters. The van der Waals surface area contributed by atoms with E-state index in [4.69, 9.17) is 4.74 Å². The van der Waals surface area contributed by atoms with Gasteiger partial charge in [0.15, 0.2) is 0 Å². The van der Waals surface area contributed by atoms with Gasteiger partial charge in [-0.25, -0.2) is 0 Å². The summed E-state index contributed by atoms with van der Waals surface area (Å²) >= 11 is 0. The summed E-state index contributed by atoms with van der Waals surface area (Å²) in [5.41, 5.74) is 0. The fraction of sp³-hybridized carbons (Fsp3) is 0.857. The van der Waals surface area contributed by atoms with Gasteiger partial charge in [-0.3, -0.25) is 4.79 Å². The van der Waals surface area contributed by atoms with Gasteiger partial charge < -0.3 is 15.4 Å². The largest absolute Gasteiger partial charge is 0.405 e. The van der Waals surface area contributed by atoms with Crippen LogP contribution in [0, 0.1) is 0 Å². The Labute approximate surface area is 90.9 Å². The molecule has 1 fully saturated rings. The van der Waals surface area contributed by atoms with Crippen molar-refractivity contribution >= 4 is 18.3 Å². The van der Waals surface area contributed by atoms with Crippen LogP contribution in [0.4, 0.5) is 13.2 Å². The van der Waals surface area contributed by atoms with Crippen molar-refractivity contribution < 1.29 is 22.7 Å². The number of hydrogen-bond acceptors (Lipinski definition) is 3. The number of amides is 1. The van der Waals surface area contributed by atoms with E-state index in [9.17, 15) is 18.0 Å². The van der Waals surface area contributed by atoms with Gasteiger partial charge in [0.05, 0.1) is 6.10 Å². The summed E-state index contributed by atoms with van der Waals surface area (Å²) in [7, 11) is 0. The fourth-order valence-electron chi connectivity index (χ4n) is 0.823. The van der Waals surface area contributed by atoms with Crippen LogP contribution in [0.1, 0.15) is 0 Å². The first-order chi connectivity index (χ1) is 6.47. The number of rotatable bonds is 4. The molecule has 1 rings (SSSR count). The highest BCUT2D eigenvalue weighted by Crippen LogP contribution is 2.11.